The minimum Gasteiger partial charge on any atom is -0.495 e. The van der Waals surface area contributed by atoms with Gasteiger partial charge in [-0.1, -0.05) is 6.07 Å². The summed E-state index contributed by atoms with van der Waals surface area (Å²) in [6.07, 6.45) is 0. The molecule has 0 radical (unpaired) electrons. The zero-order valence-corrected chi connectivity index (χ0v) is 10.1. The van der Waals surface area contributed by atoms with E-state index in [1.807, 2.05) is 0 Å². The molecular weight excluding hydrogens is 232 g/mol. The number of rotatable bonds is 4. The number of anilines is 1. The van der Waals surface area contributed by atoms with Crippen molar-refractivity contribution in [3.05, 3.63) is 29.6 Å². The molecule has 2 rings (SSSR count). The number of aromatic nitrogens is 4. The van der Waals surface area contributed by atoms with Crippen LogP contribution in [0, 0.1) is 11.3 Å². The third kappa shape index (κ3) is 2.38. The number of nitrogens with zero attached hydrogens (tertiary/aromatic N) is 5. The molecule has 0 aliphatic carbocycles. The van der Waals surface area contributed by atoms with Gasteiger partial charge >= 0.3 is 0 Å². The first-order valence-corrected chi connectivity index (χ1v) is 5.28. The number of benzene rings is 1. The van der Waals surface area contributed by atoms with Crippen LogP contribution >= 0.6 is 0 Å². The van der Waals surface area contributed by atoms with Crippen molar-refractivity contribution in [2.75, 3.05) is 12.4 Å². The molecule has 0 atom stereocenters. The van der Waals surface area contributed by atoms with Crippen LogP contribution in [-0.4, -0.2) is 27.3 Å². The summed E-state index contributed by atoms with van der Waals surface area (Å²) in [7, 11) is 3.25. The van der Waals surface area contributed by atoms with Crippen molar-refractivity contribution in [3.63, 3.8) is 0 Å². The van der Waals surface area contributed by atoms with E-state index in [4.69, 9.17) is 10.00 Å². The van der Waals surface area contributed by atoms with E-state index in [1.54, 1.807) is 32.4 Å². The molecule has 18 heavy (non-hydrogen) atoms. The predicted molar refractivity (Wildman–Crippen MR) is 63.8 cm³/mol. The van der Waals surface area contributed by atoms with Crippen molar-refractivity contribution >= 4 is 5.69 Å². The average molecular weight is 244 g/mol. The Balaban J connectivity index is 2.20. The fourth-order valence-electron chi connectivity index (χ4n) is 1.54. The second-order valence-corrected chi connectivity index (χ2v) is 3.54. The summed E-state index contributed by atoms with van der Waals surface area (Å²) in [6.45, 7) is 0.378. The maximum atomic E-state index is 9.05. The fraction of sp³-hybridized carbons (Fsp3) is 0.273. The minimum absolute atomic E-state index is 0.378. The highest BCUT2D eigenvalue weighted by Crippen LogP contribution is 2.27. The van der Waals surface area contributed by atoms with Gasteiger partial charge in [0.1, 0.15) is 11.8 Å². The molecule has 0 bridgehead atoms. The van der Waals surface area contributed by atoms with Gasteiger partial charge in [0, 0.05) is 0 Å². The molecule has 1 aromatic heterocycles. The normalized spacial score (nSPS) is 9.83. The number of tetrazole rings is 1. The van der Waals surface area contributed by atoms with Crippen LogP contribution in [0.5, 0.6) is 5.75 Å². The molecular formula is C11H12N6O. The molecule has 0 fully saturated rings. The quantitative estimate of drug-likeness (QED) is 0.851. The van der Waals surface area contributed by atoms with Crippen LogP contribution in [0.15, 0.2) is 18.2 Å². The van der Waals surface area contributed by atoms with Crippen molar-refractivity contribution in [1.82, 2.24) is 20.2 Å². The lowest BCUT2D eigenvalue weighted by atomic mass is 10.2. The van der Waals surface area contributed by atoms with E-state index in [0.717, 1.165) is 0 Å². The van der Waals surface area contributed by atoms with E-state index in [1.165, 1.54) is 4.80 Å². The fourth-order valence-corrected chi connectivity index (χ4v) is 1.54. The highest BCUT2D eigenvalue weighted by Gasteiger charge is 2.09. The SMILES string of the molecule is COc1cccc(C#N)c1NCc1nnn(C)n1. The molecule has 0 aliphatic heterocycles. The lowest BCUT2D eigenvalue weighted by molar-refractivity contribution is 0.416. The third-order valence-electron chi connectivity index (χ3n) is 2.34. The maximum Gasteiger partial charge on any atom is 0.193 e. The standard InChI is InChI=1S/C11H12N6O/c1-17-15-10(14-16-17)7-13-11-8(6-12)4-3-5-9(11)18-2/h3-5,13H,7H2,1-2H3. The van der Waals surface area contributed by atoms with Crippen LogP contribution in [0.25, 0.3) is 0 Å². The van der Waals surface area contributed by atoms with Crippen LogP contribution in [0.3, 0.4) is 0 Å². The molecule has 0 unspecified atom stereocenters. The van der Waals surface area contributed by atoms with Crippen molar-refractivity contribution in [2.24, 2.45) is 7.05 Å². The topological polar surface area (TPSA) is 88.6 Å². The third-order valence-corrected chi connectivity index (χ3v) is 2.34. The monoisotopic (exact) mass is 244 g/mol. The summed E-state index contributed by atoms with van der Waals surface area (Å²) < 4.78 is 5.21. The molecule has 7 heteroatoms. The Bertz CT molecular complexity index is 585. The Kier molecular flexibility index (Phi) is 3.38. The van der Waals surface area contributed by atoms with Crippen LogP contribution in [0.4, 0.5) is 5.69 Å². The highest BCUT2D eigenvalue weighted by molar-refractivity contribution is 5.66. The van der Waals surface area contributed by atoms with Gasteiger partial charge in [0.15, 0.2) is 5.82 Å². The van der Waals surface area contributed by atoms with E-state index < -0.39 is 0 Å². The molecule has 0 aliphatic rings. The van der Waals surface area contributed by atoms with Crippen molar-refractivity contribution in [3.8, 4) is 11.8 Å². The Labute approximate surface area is 104 Å². The second-order valence-electron chi connectivity index (χ2n) is 3.54. The Morgan fingerprint density at radius 3 is 2.94 bits per heavy atom. The molecule has 7 nitrogen and oxygen atoms in total. The Morgan fingerprint density at radius 1 is 1.50 bits per heavy atom. The number of ether oxygens (including phenoxy) is 1. The van der Waals surface area contributed by atoms with E-state index in [0.29, 0.717) is 29.4 Å². The van der Waals surface area contributed by atoms with Crippen molar-refractivity contribution < 1.29 is 4.74 Å². The van der Waals surface area contributed by atoms with Crippen LogP contribution in [-0.2, 0) is 13.6 Å². The lowest BCUT2D eigenvalue weighted by Crippen LogP contribution is -2.05. The molecule has 1 heterocycles. The zero-order chi connectivity index (χ0) is 13.0. The van der Waals surface area contributed by atoms with E-state index in [2.05, 4.69) is 26.8 Å². The molecule has 1 N–H and O–H groups in total. The Hall–Kier alpha value is -2.62. The van der Waals surface area contributed by atoms with Gasteiger partial charge in [-0.05, 0) is 17.3 Å². The van der Waals surface area contributed by atoms with Gasteiger partial charge in [0.2, 0.25) is 0 Å². The summed E-state index contributed by atoms with van der Waals surface area (Å²) in [4.78, 5) is 1.38. The zero-order valence-electron chi connectivity index (χ0n) is 10.1. The van der Waals surface area contributed by atoms with Gasteiger partial charge in [-0.3, -0.25) is 0 Å². The number of nitrogens with one attached hydrogen (secondary N) is 1. The lowest BCUT2D eigenvalue weighted by Gasteiger charge is -2.10. The first-order valence-electron chi connectivity index (χ1n) is 5.28. The summed E-state index contributed by atoms with van der Waals surface area (Å²) in [5, 5.41) is 23.8. The first kappa shape index (κ1) is 11.9. The largest absolute Gasteiger partial charge is 0.495 e. The summed E-state index contributed by atoms with van der Waals surface area (Å²) in [5.41, 5.74) is 1.15. The molecule has 2 aromatic rings. The number of nitriles is 1. The molecule has 1 aromatic carbocycles. The molecule has 0 saturated carbocycles. The maximum absolute atomic E-state index is 9.05. The van der Waals surface area contributed by atoms with Gasteiger partial charge < -0.3 is 10.1 Å². The number of aryl methyl sites for hydroxylation is 1. The summed E-state index contributed by atoms with van der Waals surface area (Å²) in [6, 6.07) is 7.38. The van der Waals surface area contributed by atoms with Gasteiger partial charge in [0.25, 0.3) is 0 Å². The number of hydrogen-bond acceptors (Lipinski definition) is 6. The van der Waals surface area contributed by atoms with Crippen molar-refractivity contribution in [1.29, 1.82) is 5.26 Å². The summed E-state index contributed by atoms with van der Waals surface area (Å²) in [5.74, 6) is 1.16. The molecule has 0 saturated heterocycles. The number of hydrogen-bond donors (Lipinski definition) is 1. The average Bonchev–Trinajstić information content (AvgIpc) is 2.81. The highest BCUT2D eigenvalue weighted by atomic mass is 16.5. The smallest absolute Gasteiger partial charge is 0.193 e. The molecule has 0 spiro atoms. The molecule has 92 valence electrons. The van der Waals surface area contributed by atoms with Gasteiger partial charge in [0.05, 0.1) is 32.0 Å². The second kappa shape index (κ2) is 5.14. The number of para-hydroxylation sites is 1. The Morgan fingerprint density at radius 2 is 2.33 bits per heavy atom. The number of methoxy groups -OCH3 is 1. The van der Waals surface area contributed by atoms with Crippen molar-refractivity contribution in [2.45, 2.75) is 6.54 Å². The van der Waals surface area contributed by atoms with Gasteiger partial charge in [-0.25, -0.2) is 0 Å². The van der Waals surface area contributed by atoms with Gasteiger partial charge in [-0.15, -0.1) is 10.2 Å². The minimum atomic E-state index is 0.378. The predicted octanol–water partition coefficient (Wildman–Crippen LogP) is 0.702. The first-order chi connectivity index (χ1) is 8.74. The van der Waals surface area contributed by atoms with E-state index in [9.17, 15) is 0 Å². The van der Waals surface area contributed by atoms with Gasteiger partial charge in [-0.2, -0.15) is 10.1 Å². The van der Waals surface area contributed by atoms with Crippen LogP contribution in [0.2, 0.25) is 0 Å². The summed E-state index contributed by atoms with van der Waals surface area (Å²) >= 11 is 0. The van der Waals surface area contributed by atoms with E-state index >= 15 is 0 Å². The molecule has 0 amide bonds. The van der Waals surface area contributed by atoms with Crippen LogP contribution < -0.4 is 10.1 Å². The van der Waals surface area contributed by atoms with Crippen LogP contribution in [0.1, 0.15) is 11.4 Å². The van der Waals surface area contributed by atoms with E-state index in [-0.39, 0.29) is 0 Å².